The highest BCUT2D eigenvalue weighted by atomic mass is 35.5. The van der Waals surface area contributed by atoms with E-state index in [0.717, 1.165) is 31.6 Å². The van der Waals surface area contributed by atoms with Gasteiger partial charge in [0.05, 0.1) is 10.6 Å². The number of nitrogens with one attached hydrogen (secondary N) is 1. The highest BCUT2D eigenvalue weighted by Crippen LogP contribution is 2.33. The van der Waals surface area contributed by atoms with Gasteiger partial charge in [0.15, 0.2) is 0 Å². The quantitative estimate of drug-likeness (QED) is 0.864. The van der Waals surface area contributed by atoms with E-state index in [1.165, 1.54) is 6.42 Å². The summed E-state index contributed by atoms with van der Waals surface area (Å²) < 4.78 is 13.7. The number of aliphatic hydroxyl groups is 1. The third-order valence-corrected chi connectivity index (χ3v) is 4.71. The minimum atomic E-state index is -0.638. The minimum Gasteiger partial charge on any atom is -0.389 e. The van der Waals surface area contributed by atoms with Crippen molar-refractivity contribution in [2.45, 2.75) is 51.2 Å². The zero-order valence-electron chi connectivity index (χ0n) is 12.0. The molecule has 0 aliphatic heterocycles. The topological polar surface area (TPSA) is 32.3 Å². The number of halogens is 2. The van der Waals surface area contributed by atoms with Crippen molar-refractivity contribution < 1.29 is 9.50 Å². The van der Waals surface area contributed by atoms with Crippen LogP contribution in [0.4, 0.5) is 4.39 Å². The Morgan fingerprint density at radius 1 is 1.40 bits per heavy atom. The van der Waals surface area contributed by atoms with Crippen LogP contribution in [0.5, 0.6) is 0 Å². The maximum Gasteiger partial charge on any atom is 0.146 e. The fraction of sp³-hybridized carbons (Fsp3) is 0.625. The summed E-state index contributed by atoms with van der Waals surface area (Å²) in [5.41, 5.74) is -0.0934. The van der Waals surface area contributed by atoms with Crippen LogP contribution in [0.2, 0.25) is 5.02 Å². The van der Waals surface area contributed by atoms with Crippen LogP contribution in [0, 0.1) is 11.7 Å². The second-order valence-electron chi connectivity index (χ2n) is 5.89. The molecule has 0 bridgehead atoms. The van der Waals surface area contributed by atoms with Crippen LogP contribution in [0.15, 0.2) is 18.2 Å². The third kappa shape index (κ3) is 3.94. The summed E-state index contributed by atoms with van der Waals surface area (Å²) in [7, 11) is 0. The predicted octanol–water partition coefficient (Wildman–Crippen LogP) is 3.90. The van der Waals surface area contributed by atoms with E-state index < -0.39 is 5.60 Å². The number of hydrogen-bond acceptors (Lipinski definition) is 2. The minimum absolute atomic E-state index is 0.145. The van der Waals surface area contributed by atoms with E-state index in [-0.39, 0.29) is 10.8 Å². The standard InChI is InChI=1S/C16H23ClFNO/c1-2-12-6-8-16(20,9-7-12)11-19-10-13-4-3-5-14(17)15(13)18/h3-5,12,19-20H,2,6-11H2,1H3. The van der Waals surface area contributed by atoms with Crippen LogP contribution in [0.1, 0.15) is 44.6 Å². The Morgan fingerprint density at radius 3 is 2.75 bits per heavy atom. The maximum atomic E-state index is 13.7. The van der Waals surface area contributed by atoms with Gasteiger partial charge in [0.1, 0.15) is 5.82 Å². The molecule has 0 atom stereocenters. The van der Waals surface area contributed by atoms with Crippen LogP contribution < -0.4 is 5.32 Å². The summed E-state index contributed by atoms with van der Waals surface area (Å²) in [6, 6.07) is 5.00. The van der Waals surface area contributed by atoms with Crippen LogP contribution in [-0.4, -0.2) is 17.3 Å². The number of hydrogen-bond donors (Lipinski definition) is 2. The summed E-state index contributed by atoms with van der Waals surface area (Å²) >= 11 is 5.75. The number of benzene rings is 1. The summed E-state index contributed by atoms with van der Waals surface area (Å²) in [6.45, 7) is 3.11. The molecule has 1 saturated carbocycles. The summed E-state index contributed by atoms with van der Waals surface area (Å²) in [5.74, 6) is 0.379. The van der Waals surface area contributed by atoms with Crippen LogP contribution >= 0.6 is 11.6 Å². The summed E-state index contributed by atoms with van der Waals surface area (Å²) in [5, 5.41) is 13.8. The van der Waals surface area contributed by atoms with Gasteiger partial charge in [-0.3, -0.25) is 0 Å². The zero-order chi connectivity index (χ0) is 14.6. The molecule has 0 aromatic heterocycles. The molecule has 2 N–H and O–H groups in total. The molecular formula is C16H23ClFNO. The van der Waals surface area contributed by atoms with E-state index in [4.69, 9.17) is 11.6 Å². The lowest BCUT2D eigenvalue weighted by Crippen LogP contribution is -2.43. The Bertz CT molecular complexity index is 444. The predicted molar refractivity (Wildman–Crippen MR) is 80.3 cm³/mol. The molecule has 1 aromatic rings. The molecule has 0 radical (unpaired) electrons. The fourth-order valence-corrected chi connectivity index (χ4v) is 3.11. The van der Waals surface area contributed by atoms with Crippen molar-refractivity contribution in [2.24, 2.45) is 5.92 Å². The molecule has 2 nitrogen and oxygen atoms in total. The first-order valence-corrected chi connectivity index (χ1v) is 7.78. The molecule has 1 aliphatic carbocycles. The molecule has 0 heterocycles. The van der Waals surface area contributed by atoms with Gasteiger partial charge in [-0.2, -0.15) is 0 Å². The van der Waals surface area contributed by atoms with Crippen LogP contribution in [0.3, 0.4) is 0 Å². The first-order valence-electron chi connectivity index (χ1n) is 7.40. The fourth-order valence-electron chi connectivity index (χ4n) is 2.91. The average Bonchev–Trinajstić information content (AvgIpc) is 2.44. The number of rotatable bonds is 5. The van der Waals surface area contributed by atoms with E-state index >= 15 is 0 Å². The highest BCUT2D eigenvalue weighted by Gasteiger charge is 2.32. The molecule has 112 valence electrons. The highest BCUT2D eigenvalue weighted by molar-refractivity contribution is 6.30. The van der Waals surface area contributed by atoms with Gasteiger partial charge in [-0.05, 0) is 37.7 Å². The van der Waals surface area contributed by atoms with Gasteiger partial charge in [0, 0.05) is 18.7 Å². The first kappa shape index (κ1) is 15.7. The Morgan fingerprint density at radius 2 is 2.10 bits per heavy atom. The Balaban J connectivity index is 1.82. The Kier molecular flexibility index (Phi) is 5.42. The Hall–Kier alpha value is -0.640. The normalized spacial score (nSPS) is 26.7. The van der Waals surface area contributed by atoms with E-state index in [0.29, 0.717) is 18.7 Å². The molecule has 0 saturated heterocycles. The molecule has 0 spiro atoms. The molecule has 1 aliphatic rings. The van der Waals surface area contributed by atoms with E-state index in [9.17, 15) is 9.50 Å². The SMILES string of the molecule is CCC1CCC(O)(CNCc2cccc(Cl)c2F)CC1. The monoisotopic (exact) mass is 299 g/mol. The van der Waals surface area contributed by atoms with Crippen LogP contribution in [-0.2, 0) is 6.54 Å². The molecule has 1 aromatic carbocycles. The molecular weight excluding hydrogens is 277 g/mol. The summed E-state index contributed by atoms with van der Waals surface area (Å²) in [4.78, 5) is 0. The van der Waals surface area contributed by atoms with Crippen molar-refractivity contribution in [2.75, 3.05) is 6.54 Å². The van der Waals surface area contributed by atoms with Gasteiger partial charge >= 0.3 is 0 Å². The van der Waals surface area contributed by atoms with E-state index in [1.807, 2.05) is 0 Å². The van der Waals surface area contributed by atoms with E-state index in [2.05, 4.69) is 12.2 Å². The van der Waals surface area contributed by atoms with Crippen LogP contribution in [0.25, 0.3) is 0 Å². The van der Waals surface area contributed by atoms with Gasteiger partial charge < -0.3 is 10.4 Å². The summed E-state index contributed by atoms with van der Waals surface area (Å²) in [6.07, 6.45) is 5.02. The zero-order valence-corrected chi connectivity index (χ0v) is 12.7. The smallest absolute Gasteiger partial charge is 0.146 e. The molecule has 0 unspecified atom stereocenters. The van der Waals surface area contributed by atoms with Crippen molar-refractivity contribution >= 4 is 11.6 Å². The third-order valence-electron chi connectivity index (χ3n) is 4.41. The molecule has 4 heteroatoms. The second-order valence-corrected chi connectivity index (χ2v) is 6.30. The van der Waals surface area contributed by atoms with Gasteiger partial charge in [-0.25, -0.2) is 4.39 Å². The first-order chi connectivity index (χ1) is 9.54. The van der Waals surface area contributed by atoms with Crippen molar-refractivity contribution in [3.63, 3.8) is 0 Å². The van der Waals surface area contributed by atoms with Crippen molar-refractivity contribution in [3.8, 4) is 0 Å². The van der Waals surface area contributed by atoms with Gasteiger partial charge in [0.25, 0.3) is 0 Å². The van der Waals surface area contributed by atoms with Crippen molar-refractivity contribution in [1.29, 1.82) is 0 Å². The van der Waals surface area contributed by atoms with Crippen molar-refractivity contribution in [1.82, 2.24) is 5.32 Å². The molecule has 2 rings (SSSR count). The molecule has 0 amide bonds. The average molecular weight is 300 g/mol. The Labute approximate surface area is 125 Å². The molecule has 20 heavy (non-hydrogen) atoms. The van der Waals surface area contributed by atoms with Gasteiger partial charge in [0.2, 0.25) is 0 Å². The maximum absolute atomic E-state index is 13.7. The van der Waals surface area contributed by atoms with Gasteiger partial charge in [-0.15, -0.1) is 0 Å². The van der Waals surface area contributed by atoms with E-state index in [1.54, 1.807) is 18.2 Å². The van der Waals surface area contributed by atoms with Gasteiger partial charge in [-0.1, -0.05) is 37.1 Å². The van der Waals surface area contributed by atoms with Crippen molar-refractivity contribution in [3.05, 3.63) is 34.6 Å². The second kappa shape index (κ2) is 6.88. The largest absolute Gasteiger partial charge is 0.389 e. The lowest BCUT2D eigenvalue weighted by molar-refractivity contribution is -0.00885. The lowest BCUT2D eigenvalue weighted by Gasteiger charge is -2.36. The molecule has 1 fully saturated rings. The lowest BCUT2D eigenvalue weighted by atomic mass is 9.78.